The van der Waals surface area contributed by atoms with Crippen LogP contribution < -0.4 is 15.5 Å². The first-order valence-corrected chi connectivity index (χ1v) is 10.9. The number of nitrogens with one attached hydrogen (secondary N) is 2. The fourth-order valence-electron chi connectivity index (χ4n) is 3.90. The highest BCUT2D eigenvalue weighted by Gasteiger charge is 2.24. The van der Waals surface area contributed by atoms with Gasteiger partial charge in [-0.3, -0.25) is 9.89 Å². The van der Waals surface area contributed by atoms with Gasteiger partial charge in [0.05, 0.1) is 6.54 Å². The Hall–Kier alpha value is -0.770. The van der Waals surface area contributed by atoms with Crippen LogP contribution in [0.5, 0.6) is 0 Å². The van der Waals surface area contributed by atoms with Crippen LogP contribution in [0.25, 0.3) is 0 Å². The average molecular weight is 535 g/mol. The largest absolute Gasteiger partial charge is 0.369 e. The Labute approximate surface area is 198 Å². The van der Waals surface area contributed by atoms with Crippen LogP contribution in [-0.4, -0.2) is 87.2 Å². The van der Waals surface area contributed by atoms with Crippen molar-refractivity contribution < 1.29 is 0 Å². The van der Waals surface area contributed by atoms with Gasteiger partial charge in [0.15, 0.2) is 5.96 Å². The fraction of sp³-hybridized carbons (Fsp3) is 0.667. The van der Waals surface area contributed by atoms with E-state index in [1.165, 1.54) is 5.69 Å². The van der Waals surface area contributed by atoms with E-state index in [0.29, 0.717) is 12.1 Å². The second-order valence-electron chi connectivity index (χ2n) is 7.96. The summed E-state index contributed by atoms with van der Waals surface area (Å²) in [4.78, 5) is 12.2. The number of piperazine rings is 1. The quantitative estimate of drug-likeness (QED) is 0.334. The zero-order valence-electron chi connectivity index (χ0n) is 17.9. The molecule has 8 heteroatoms. The molecule has 1 aromatic rings. The molecule has 164 valence electrons. The lowest BCUT2D eigenvalue weighted by Gasteiger charge is -2.36. The van der Waals surface area contributed by atoms with E-state index in [1.54, 1.807) is 0 Å². The molecule has 0 bridgehead atoms. The van der Waals surface area contributed by atoms with Crippen LogP contribution in [0.2, 0.25) is 5.02 Å². The van der Waals surface area contributed by atoms with Gasteiger partial charge in [0, 0.05) is 68.6 Å². The summed E-state index contributed by atoms with van der Waals surface area (Å²) < 4.78 is 0. The highest BCUT2D eigenvalue weighted by Crippen LogP contribution is 2.23. The normalized spacial score (nSPS) is 22.3. The Morgan fingerprint density at radius 2 is 2.00 bits per heavy atom. The third kappa shape index (κ3) is 7.45. The molecule has 0 saturated carbocycles. The fourth-order valence-corrected chi connectivity index (χ4v) is 4.08. The van der Waals surface area contributed by atoms with E-state index < -0.39 is 0 Å². The van der Waals surface area contributed by atoms with Crippen molar-refractivity contribution in [3.63, 3.8) is 0 Å². The Balaban J connectivity index is 0.00000300. The van der Waals surface area contributed by atoms with Gasteiger partial charge in [-0.05, 0) is 45.5 Å². The third-order valence-electron chi connectivity index (χ3n) is 5.72. The van der Waals surface area contributed by atoms with Crippen molar-refractivity contribution in [1.29, 1.82) is 0 Å². The van der Waals surface area contributed by atoms with Crippen molar-refractivity contribution in [2.75, 3.05) is 64.3 Å². The first-order chi connectivity index (χ1) is 13.5. The van der Waals surface area contributed by atoms with Crippen LogP contribution >= 0.6 is 35.6 Å². The van der Waals surface area contributed by atoms with E-state index in [-0.39, 0.29) is 24.0 Å². The number of aliphatic imine (C=N–C) groups is 1. The monoisotopic (exact) mass is 534 g/mol. The molecular formula is C21H36ClIN6. The molecule has 0 spiro atoms. The minimum absolute atomic E-state index is 0. The minimum atomic E-state index is 0. The predicted octanol–water partition coefficient (Wildman–Crippen LogP) is 2.73. The van der Waals surface area contributed by atoms with Crippen LogP contribution in [-0.2, 0) is 0 Å². The second kappa shape index (κ2) is 12.2. The molecule has 2 atom stereocenters. The molecule has 2 unspecified atom stereocenters. The first-order valence-electron chi connectivity index (χ1n) is 10.5. The van der Waals surface area contributed by atoms with Gasteiger partial charge in [-0.25, -0.2) is 0 Å². The number of likely N-dealkylation sites (N-methyl/N-ethyl adjacent to an activating group) is 1. The topological polar surface area (TPSA) is 46.1 Å². The summed E-state index contributed by atoms with van der Waals surface area (Å²) in [6.07, 6.45) is 1.10. The molecule has 2 aliphatic rings. The first kappa shape index (κ1) is 24.5. The van der Waals surface area contributed by atoms with Crippen LogP contribution in [0, 0.1) is 0 Å². The molecule has 3 rings (SSSR count). The lowest BCUT2D eigenvalue weighted by molar-refractivity contribution is 0.122. The second-order valence-corrected chi connectivity index (χ2v) is 8.40. The van der Waals surface area contributed by atoms with E-state index in [2.05, 4.69) is 52.3 Å². The van der Waals surface area contributed by atoms with E-state index in [9.17, 15) is 0 Å². The maximum absolute atomic E-state index is 6.15. The standard InChI is InChI=1S/C21H35ClN6.HI/c1-4-23-21(24-15-17(2)27-12-10-26(3)11-13-27)25-19-8-9-28(16-19)20-7-5-6-18(22)14-20;/h5-7,14,17,19H,4,8-13,15-16H2,1-3H3,(H2,23,24,25);1H. The minimum Gasteiger partial charge on any atom is -0.369 e. The van der Waals surface area contributed by atoms with Crippen molar-refractivity contribution in [3.05, 3.63) is 29.3 Å². The number of benzene rings is 1. The summed E-state index contributed by atoms with van der Waals surface area (Å²) in [6.45, 7) is 12.7. The van der Waals surface area contributed by atoms with Gasteiger partial charge >= 0.3 is 0 Å². The maximum Gasteiger partial charge on any atom is 0.191 e. The van der Waals surface area contributed by atoms with Crippen molar-refractivity contribution in [1.82, 2.24) is 20.4 Å². The van der Waals surface area contributed by atoms with Gasteiger partial charge < -0.3 is 20.4 Å². The summed E-state index contributed by atoms with van der Waals surface area (Å²) in [7, 11) is 2.20. The van der Waals surface area contributed by atoms with Crippen LogP contribution in [0.1, 0.15) is 20.3 Å². The van der Waals surface area contributed by atoms with Gasteiger partial charge in [-0.15, -0.1) is 24.0 Å². The molecule has 2 saturated heterocycles. The van der Waals surface area contributed by atoms with Crippen molar-refractivity contribution in [3.8, 4) is 0 Å². The van der Waals surface area contributed by atoms with Gasteiger partial charge in [-0.1, -0.05) is 17.7 Å². The summed E-state index contributed by atoms with van der Waals surface area (Å²) in [5.74, 6) is 0.932. The average Bonchev–Trinajstić information content (AvgIpc) is 3.15. The zero-order valence-corrected chi connectivity index (χ0v) is 21.0. The Morgan fingerprint density at radius 3 is 2.69 bits per heavy atom. The van der Waals surface area contributed by atoms with Gasteiger partial charge in [0.25, 0.3) is 0 Å². The summed E-state index contributed by atoms with van der Waals surface area (Å²) in [6, 6.07) is 8.98. The molecule has 0 aromatic heterocycles. The Bertz CT molecular complexity index is 650. The molecule has 0 amide bonds. The molecule has 2 N–H and O–H groups in total. The van der Waals surface area contributed by atoms with E-state index >= 15 is 0 Å². The molecule has 2 heterocycles. The molecule has 1 aromatic carbocycles. The molecule has 2 aliphatic heterocycles. The van der Waals surface area contributed by atoms with Gasteiger partial charge in [0.1, 0.15) is 0 Å². The SMILES string of the molecule is CCNC(=NCC(C)N1CCN(C)CC1)NC1CCN(c2cccc(Cl)c2)C1.I. The molecule has 29 heavy (non-hydrogen) atoms. The van der Waals surface area contributed by atoms with E-state index in [0.717, 1.165) is 69.8 Å². The Kier molecular flexibility index (Phi) is 10.3. The van der Waals surface area contributed by atoms with Crippen LogP contribution in [0.15, 0.2) is 29.3 Å². The number of nitrogens with zero attached hydrogens (tertiary/aromatic N) is 4. The molecule has 0 aliphatic carbocycles. The lowest BCUT2D eigenvalue weighted by Crippen LogP contribution is -2.49. The Morgan fingerprint density at radius 1 is 1.24 bits per heavy atom. The number of hydrogen-bond donors (Lipinski definition) is 2. The number of anilines is 1. The van der Waals surface area contributed by atoms with E-state index in [1.807, 2.05) is 18.2 Å². The van der Waals surface area contributed by atoms with Crippen molar-refractivity contribution >= 4 is 47.2 Å². The van der Waals surface area contributed by atoms with E-state index in [4.69, 9.17) is 16.6 Å². The van der Waals surface area contributed by atoms with Crippen LogP contribution in [0.3, 0.4) is 0 Å². The predicted molar refractivity (Wildman–Crippen MR) is 135 cm³/mol. The van der Waals surface area contributed by atoms with Crippen LogP contribution in [0.4, 0.5) is 5.69 Å². The molecule has 2 fully saturated rings. The van der Waals surface area contributed by atoms with Gasteiger partial charge in [0.2, 0.25) is 0 Å². The summed E-state index contributed by atoms with van der Waals surface area (Å²) in [5.41, 5.74) is 1.20. The zero-order chi connectivity index (χ0) is 19.9. The van der Waals surface area contributed by atoms with Crippen molar-refractivity contribution in [2.24, 2.45) is 4.99 Å². The highest BCUT2D eigenvalue weighted by atomic mass is 127. The third-order valence-corrected chi connectivity index (χ3v) is 5.96. The molecular weight excluding hydrogens is 499 g/mol. The van der Waals surface area contributed by atoms with Crippen molar-refractivity contribution in [2.45, 2.75) is 32.4 Å². The maximum atomic E-state index is 6.15. The molecule has 6 nitrogen and oxygen atoms in total. The number of rotatable bonds is 6. The highest BCUT2D eigenvalue weighted by molar-refractivity contribution is 14.0. The van der Waals surface area contributed by atoms with Gasteiger partial charge in [-0.2, -0.15) is 0 Å². The number of halogens is 2. The summed E-state index contributed by atoms with van der Waals surface area (Å²) in [5, 5.41) is 7.84. The lowest BCUT2D eigenvalue weighted by atomic mass is 10.2. The summed E-state index contributed by atoms with van der Waals surface area (Å²) >= 11 is 6.15. The smallest absolute Gasteiger partial charge is 0.191 e. The number of guanidine groups is 1. The number of hydrogen-bond acceptors (Lipinski definition) is 4. The molecule has 0 radical (unpaired) electrons.